The highest BCUT2D eigenvalue weighted by Crippen LogP contribution is 2.39. The molecule has 0 amide bonds. The smallest absolute Gasteiger partial charge is 0.0126 e. The molecular formula is C38H70. The topological polar surface area (TPSA) is 0 Å². The number of unbranched alkanes of at least 4 members (excludes halogenated alkanes) is 18. The summed E-state index contributed by atoms with van der Waals surface area (Å²) in [4.78, 5) is 0. The Morgan fingerprint density at radius 1 is 0.421 bits per heavy atom. The molecule has 0 aliphatic carbocycles. The molecule has 0 bridgehead atoms. The zero-order valence-corrected chi connectivity index (χ0v) is 27.7. The van der Waals surface area contributed by atoms with Crippen LogP contribution < -0.4 is 0 Å². The first-order valence-corrected chi connectivity index (χ1v) is 17.3. The molecule has 0 heterocycles. The minimum Gasteiger partial charge on any atom is -0.0654 e. The monoisotopic (exact) mass is 527 g/mol. The van der Waals surface area contributed by atoms with Gasteiger partial charge < -0.3 is 0 Å². The van der Waals surface area contributed by atoms with E-state index in [-0.39, 0.29) is 10.8 Å². The van der Waals surface area contributed by atoms with Gasteiger partial charge in [0.25, 0.3) is 0 Å². The zero-order valence-electron chi connectivity index (χ0n) is 27.7. The lowest BCUT2D eigenvalue weighted by Crippen LogP contribution is -2.25. The summed E-state index contributed by atoms with van der Waals surface area (Å²) >= 11 is 0. The molecule has 0 atom stereocenters. The fourth-order valence-corrected chi connectivity index (χ4v) is 6.28. The van der Waals surface area contributed by atoms with E-state index in [1.807, 2.05) is 0 Å². The fraction of sp³-hybridized carbons (Fsp3) is 0.842. The molecular weight excluding hydrogens is 456 g/mol. The molecule has 0 spiro atoms. The van der Waals surface area contributed by atoms with Crippen LogP contribution in [-0.4, -0.2) is 0 Å². The van der Waals surface area contributed by atoms with Crippen LogP contribution in [0, 0.1) is 0 Å². The predicted molar refractivity (Wildman–Crippen MR) is 175 cm³/mol. The largest absolute Gasteiger partial charge is 0.0654 e. The summed E-state index contributed by atoms with van der Waals surface area (Å²) in [5.41, 5.74) is 7.04. The van der Waals surface area contributed by atoms with E-state index < -0.39 is 0 Å². The Kier molecular flexibility index (Phi) is 18.7. The predicted octanol–water partition coefficient (Wildman–Crippen LogP) is 13.2. The van der Waals surface area contributed by atoms with Gasteiger partial charge in [-0.25, -0.2) is 0 Å². The molecule has 0 aliphatic rings. The first kappa shape index (κ1) is 35.2. The van der Waals surface area contributed by atoms with E-state index in [1.54, 1.807) is 22.3 Å². The average Bonchev–Trinajstić information content (AvgIpc) is 2.85. The molecule has 0 unspecified atom stereocenters. The van der Waals surface area contributed by atoms with Gasteiger partial charge in [-0.3, -0.25) is 0 Å². The number of hydrogen-bond acceptors (Lipinski definition) is 0. The van der Waals surface area contributed by atoms with Gasteiger partial charge in [-0.1, -0.05) is 183 Å². The van der Waals surface area contributed by atoms with Crippen LogP contribution >= 0.6 is 0 Å². The van der Waals surface area contributed by atoms with Gasteiger partial charge >= 0.3 is 0 Å². The van der Waals surface area contributed by atoms with Crippen molar-refractivity contribution in [1.82, 2.24) is 0 Å². The zero-order chi connectivity index (χ0) is 28.3. The standard InChI is InChI=1S/C38H70/c1-9-11-13-15-17-19-21-23-25-27-29-33-31-32-35(37(3,4)5)36(38(6,7)8)34(33)30-28-26-24-22-20-18-16-14-12-10-2/h31-32H,9-30H2,1-8H3. The molecule has 0 radical (unpaired) electrons. The maximum Gasteiger partial charge on any atom is -0.0126 e. The van der Waals surface area contributed by atoms with Crippen LogP contribution in [-0.2, 0) is 23.7 Å². The van der Waals surface area contributed by atoms with Crippen LogP contribution in [0.4, 0.5) is 0 Å². The third kappa shape index (κ3) is 15.1. The minimum absolute atomic E-state index is 0.199. The number of aryl methyl sites for hydroxylation is 1. The Labute approximate surface area is 241 Å². The molecule has 0 saturated heterocycles. The molecule has 1 rings (SSSR count). The Morgan fingerprint density at radius 3 is 1.16 bits per heavy atom. The molecule has 1 aromatic rings. The summed E-state index contributed by atoms with van der Waals surface area (Å²) in [6.45, 7) is 19.2. The van der Waals surface area contributed by atoms with Crippen molar-refractivity contribution in [3.05, 3.63) is 34.4 Å². The van der Waals surface area contributed by atoms with Gasteiger partial charge in [0.05, 0.1) is 0 Å². The summed E-state index contributed by atoms with van der Waals surface area (Å²) < 4.78 is 0. The van der Waals surface area contributed by atoms with Crippen molar-refractivity contribution >= 4 is 0 Å². The molecule has 0 heteroatoms. The van der Waals surface area contributed by atoms with Gasteiger partial charge in [0.2, 0.25) is 0 Å². The molecule has 0 N–H and O–H groups in total. The van der Waals surface area contributed by atoms with Crippen LogP contribution in [0.5, 0.6) is 0 Å². The van der Waals surface area contributed by atoms with Crippen LogP contribution in [0.3, 0.4) is 0 Å². The van der Waals surface area contributed by atoms with Crippen molar-refractivity contribution in [3.63, 3.8) is 0 Å². The lowest BCUT2D eigenvalue weighted by molar-refractivity contribution is 0.517. The summed E-state index contributed by atoms with van der Waals surface area (Å²) in [6, 6.07) is 5.02. The van der Waals surface area contributed by atoms with Crippen molar-refractivity contribution in [3.8, 4) is 0 Å². The van der Waals surface area contributed by atoms with Crippen LogP contribution in [0.15, 0.2) is 12.1 Å². The molecule has 0 saturated carbocycles. The van der Waals surface area contributed by atoms with Gasteiger partial charge in [0.1, 0.15) is 0 Å². The maximum absolute atomic E-state index is 2.52. The quantitative estimate of drug-likeness (QED) is 0.132. The lowest BCUT2D eigenvalue weighted by atomic mass is 9.71. The van der Waals surface area contributed by atoms with Gasteiger partial charge in [-0.15, -0.1) is 0 Å². The molecule has 0 aliphatic heterocycles. The van der Waals surface area contributed by atoms with Crippen LogP contribution in [0.25, 0.3) is 0 Å². The maximum atomic E-state index is 2.52. The van der Waals surface area contributed by atoms with E-state index >= 15 is 0 Å². The molecule has 0 fully saturated rings. The van der Waals surface area contributed by atoms with E-state index in [1.165, 1.54) is 141 Å². The number of rotatable bonds is 22. The third-order valence-corrected chi connectivity index (χ3v) is 8.55. The normalized spacial score (nSPS) is 12.4. The van der Waals surface area contributed by atoms with E-state index in [0.717, 1.165) is 0 Å². The van der Waals surface area contributed by atoms with Crippen molar-refractivity contribution in [2.24, 2.45) is 0 Å². The van der Waals surface area contributed by atoms with Crippen LogP contribution in [0.2, 0.25) is 0 Å². The minimum atomic E-state index is 0.199. The highest BCUT2D eigenvalue weighted by Gasteiger charge is 2.28. The van der Waals surface area contributed by atoms with E-state index in [2.05, 4.69) is 67.5 Å². The summed E-state index contributed by atoms with van der Waals surface area (Å²) in [5.74, 6) is 0. The van der Waals surface area contributed by atoms with Gasteiger partial charge in [-0.2, -0.15) is 0 Å². The lowest BCUT2D eigenvalue weighted by Gasteiger charge is -2.34. The second kappa shape index (κ2) is 20.2. The number of benzene rings is 1. The van der Waals surface area contributed by atoms with Crippen molar-refractivity contribution in [2.45, 2.75) is 207 Å². The average molecular weight is 527 g/mol. The second-order valence-electron chi connectivity index (χ2n) is 14.5. The van der Waals surface area contributed by atoms with Crippen molar-refractivity contribution in [2.75, 3.05) is 0 Å². The van der Waals surface area contributed by atoms with Gasteiger partial charge in [-0.05, 0) is 58.8 Å². The Balaban J connectivity index is 2.69. The first-order chi connectivity index (χ1) is 18.1. The summed E-state index contributed by atoms with van der Waals surface area (Å²) in [6.07, 6.45) is 30.9. The molecule has 1 aromatic carbocycles. The van der Waals surface area contributed by atoms with Gasteiger partial charge in [0, 0.05) is 0 Å². The van der Waals surface area contributed by atoms with Crippen LogP contribution in [0.1, 0.15) is 206 Å². The Hall–Kier alpha value is -0.780. The summed E-state index contributed by atoms with van der Waals surface area (Å²) in [5, 5.41) is 0. The summed E-state index contributed by atoms with van der Waals surface area (Å²) in [7, 11) is 0. The highest BCUT2D eigenvalue weighted by atomic mass is 14.3. The third-order valence-electron chi connectivity index (χ3n) is 8.55. The van der Waals surface area contributed by atoms with E-state index in [0.29, 0.717) is 0 Å². The van der Waals surface area contributed by atoms with E-state index in [4.69, 9.17) is 0 Å². The SMILES string of the molecule is CCCCCCCCCCCCc1ccc(C(C)(C)C)c(C(C)(C)C)c1CCCCCCCCCCCC. The Morgan fingerprint density at radius 2 is 0.789 bits per heavy atom. The number of hydrogen-bond donors (Lipinski definition) is 0. The van der Waals surface area contributed by atoms with Gasteiger partial charge in [0.15, 0.2) is 0 Å². The molecule has 0 aromatic heterocycles. The molecule has 38 heavy (non-hydrogen) atoms. The van der Waals surface area contributed by atoms with Crippen molar-refractivity contribution < 1.29 is 0 Å². The van der Waals surface area contributed by atoms with E-state index in [9.17, 15) is 0 Å². The molecule has 222 valence electrons. The molecule has 0 nitrogen and oxygen atoms in total. The van der Waals surface area contributed by atoms with Crippen molar-refractivity contribution in [1.29, 1.82) is 0 Å². The Bertz CT molecular complexity index is 696. The fourth-order valence-electron chi connectivity index (χ4n) is 6.28. The second-order valence-corrected chi connectivity index (χ2v) is 14.5. The first-order valence-electron chi connectivity index (χ1n) is 17.3. The highest BCUT2D eigenvalue weighted by molar-refractivity contribution is 5.48.